The van der Waals surface area contributed by atoms with E-state index in [0.717, 1.165) is 6.07 Å². The van der Waals surface area contributed by atoms with Gasteiger partial charge in [-0.05, 0) is 31.2 Å². The molecule has 1 aromatic heterocycles. The molecule has 0 aliphatic carbocycles. The van der Waals surface area contributed by atoms with Crippen molar-refractivity contribution in [1.82, 2.24) is 9.78 Å². The van der Waals surface area contributed by atoms with E-state index < -0.39 is 29.5 Å². The lowest BCUT2D eigenvalue weighted by atomic mass is 9.91. The molecule has 0 fully saturated rings. The summed E-state index contributed by atoms with van der Waals surface area (Å²) in [5.41, 5.74) is 0.385. The van der Waals surface area contributed by atoms with Crippen LogP contribution < -0.4 is 10.6 Å². The molecule has 4 rings (SSSR count). The van der Waals surface area contributed by atoms with E-state index in [9.17, 15) is 22.8 Å². The second-order valence-corrected chi connectivity index (χ2v) is 6.93. The minimum atomic E-state index is -4.62. The van der Waals surface area contributed by atoms with Crippen LogP contribution in [-0.2, 0) is 15.8 Å². The van der Waals surface area contributed by atoms with Crippen LogP contribution in [0.2, 0.25) is 0 Å². The summed E-state index contributed by atoms with van der Waals surface area (Å²) in [7, 11) is 0. The number of anilines is 2. The molecule has 0 saturated heterocycles. The summed E-state index contributed by atoms with van der Waals surface area (Å²) < 4.78 is 41.3. The van der Waals surface area contributed by atoms with Gasteiger partial charge in [-0.25, -0.2) is 4.68 Å². The maximum atomic E-state index is 13.3. The molecule has 154 valence electrons. The van der Waals surface area contributed by atoms with Crippen molar-refractivity contribution in [3.8, 4) is 5.69 Å². The Kier molecular flexibility index (Phi) is 4.81. The summed E-state index contributed by atoms with van der Waals surface area (Å²) >= 11 is 0. The van der Waals surface area contributed by atoms with Crippen LogP contribution in [0.4, 0.5) is 24.7 Å². The van der Waals surface area contributed by atoms with Gasteiger partial charge in [0.05, 0.1) is 28.6 Å². The van der Waals surface area contributed by atoms with Crippen LogP contribution in [0.5, 0.6) is 0 Å². The Hall–Kier alpha value is -3.62. The van der Waals surface area contributed by atoms with Crippen LogP contribution in [0, 0.1) is 6.92 Å². The van der Waals surface area contributed by atoms with Crippen LogP contribution in [0.15, 0.2) is 54.6 Å². The predicted octanol–water partition coefficient (Wildman–Crippen LogP) is 4.26. The molecule has 30 heavy (non-hydrogen) atoms. The number of fused-ring (bicyclic) bond motifs is 1. The van der Waals surface area contributed by atoms with Gasteiger partial charge < -0.3 is 10.6 Å². The second kappa shape index (κ2) is 7.33. The van der Waals surface area contributed by atoms with Crippen LogP contribution in [0.25, 0.3) is 5.69 Å². The zero-order valence-electron chi connectivity index (χ0n) is 15.8. The van der Waals surface area contributed by atoms with Crippen LogP contribution in [-0.4, -0.2) is 21.6 Å². The highest BCUT2D eigenvalue weighted by molar-refractivity contribution is 6.05. The highest BCUT2D eigenvalue weighted by Crippen LogP contribution is 2.39. The van der Waals surface area contributed by atoms with E-state index >= 15 is 0 Å². The first-order valence-electron chi connectivity index (χ1n) is 9.17. The van der Waals surface area contributed by atoms with Gasteiger partial charge in [-0.1, -0.05) is 30.3 Å². The molecule has 1 aliphatic heterocycles. The van der Waals surface area contributed by atoms with Crippen LogP contribution in [0.3, 0.4) is 0 Å². The Morgan fingerprint density at radius 2 is 1.80 bits per heavy atom. The maximum absolute atomic E-state index is 13.3. The molecule has 1 unspecified atom stereocenters. The Morgan fingerprint density at radius 1 is 1.13 bits per heavy atom. The van der Waals surface area contributed by atoms with Gasteiger partial charge in [0.2, 0.25) is 11.8 Å². The largest absolute Gasteiger partial charge is 0.418 e. The smallest absolute Gasteiger partial charge is 0.325 e. The third-order valence-corrected chi connectivity index (χ3v) is 4.91. The summed E-state index contributed by atoms with van der Waals surface area (Å²) in [6.45, 7) is 1.69. The number of benzene rings is 2. The van der Waals surface area contributed by atoms with Crippen LogP contribution >= 0.6 is 0 Å². The zero-order chi connectivity index (χ0) is 21.5. The molecule has 0 saturated carbocycles. The lowest BCUT2D eigenvalue weighted by molar-refractivity contribution is -0.137. The molecule has 0 spiro atoms. The number of alkyl halides is 3. The summed E-state index contributed by atoms with van der Waals surface area (Å²) in [5.74, 6) is -1.73. The van der Waals surface area contributed by atoms with Gasteiger partial charge in [0, 0.05) is 12.0 Å². The van der Waals surface area contributed by atoms with E-state index in [0.29, 0.717) is 22.8 Å². The number of carbonyl (C=O) groups excluding carboxylic acids is 2. The highest BCUT2D eigenvalue weighted by Gasteiger charge is 2.38. The lowest BCUT2D eigenvalue weighted by Crippen LogP contribution is -2.32. The lowest BCUT2D eigenvalue weighted by Gasteiger charge is -2.24. The number of para-hydroxylation sites is 2. The van der Waals surface area contributed by atoms with Crippen molar-refractivity contribution < 1.29 is 22.8 Å². The number of aromatic nitrogens is 2. The standard InChI is InChI=1S/C21H17F3N4O2/c1-12-18-14(20(30)25-16-10-6-5-9-15(16)21(22,23)24)11-17(29)26-19(18)28(27-12)13-7-3-2-4-8-13/h2-10,14H,11H2,1H3,(H,25,30)(H,26,29). The fourth-order valence-corrected chi connectivity index (χ4v) is 3.59. The number of nitrogens with one attached hydrogen (secondary N) is 2. The summed E-state index contributed by atoms with van der Waals surface area (Å²) in [5, 5.41) is 9.52. The molecule has 0 bridgehead atoms. The minimum Gasteiger partial charge on any atom is -0.325 e. The van der Waals surface area contributed by atoms with Gasteiger partial charge in [-0.2, -0.15) is 18.3 Å². The van der Waals surface area contributed by atoms with Crippen molar-refractivity contribution in [3.05, 3.63) is 71.4 Å². The van der Waals surface area contributed by atoms with Crippen molar-refractivity contribution in [2.45, 2.75) is 25.4 Å². The van der Waals surface area contributed by atoms with E-state index in [-0.39, 0.29) is 12.1 Å². The molecule has 2 heterocycles. The number of carbonyl (C=O) groups is 2. The van der Waals surface area contributed by atoms with E-state index in [1.807, 2.05) is 18.2 Å². The van der Waals surface area contributed by atoms with Gasteiger partial charge in [0.1, 0.15) is 5.82 Å². The first-order valence-corrected chi connectivity index (χ1v) is 9.17. The molecule has 0 radical (unpaired) electrons. The van der Waals surface area contributed by atoms with Crippen molar-refractivity contribution in [2.75, 3.05) is 10.6 Å². The maximum Gasteiger partial charge on any atom is 0.418 e. The quantitative estimate of drug-likeness (QED) is 0.672. The molecule has 1 atom stereocenters. The van der Waals surface area contributed by atoms with Crippen molar-refractivity contribution in [2.24, 2.45) is 0 Å². The number of halogens is 3. The van der Waals surface area contributed by atoms with Crippen molar-refractivity contribution in [3.63, 3.8) is 0 Å². The molecular formula is C21H17F3N4O2. The molecule has 6 nitrogen and oxygen atoms in total. The second-order valence-electron chi connectivity index (χ2n) is 6.93. The number of nitrogens with zero attached hydrogens (tertiary/aromatic N) is 2. The summed E-state index contributed by atoms with van der Waals surface area (Å²) in [6, 6.07) is 13.8. The molecular weight excluding hydrogens is 397 g/mol. The molecule has 2 amide bonds. The number of hydrogen-bond donors (Lipinski definition) is 2. The zero-order valence-corrected chi connectivity index (χ0v) is 15.8. The monoisotopic (exact) mass is 414 g/mol. The third-order valence-electron chi connectivity index (χ3n) is 4.91. The van der Waals surface area contributed by atoms with Crippen molar-refractivity contribution >= 4 is 23.3 Å². The van der Waals surface area contributed by atoms with E-state index in [2.05, 4.69) is 15.7 Å². The van der Waals surface area contributed by atoms with Crippen molar-refractivity contribution in [1.29, 1.82) is 0 Å². The average molecular weight is 414 g/mol. The minimum absolute atomic E-state index is 0.186. The van der Waals surface area contributed by atoms with Gasteiger partial charge in [0.25, 0.3) is 0 Å². The normalized spacial score (nSPS) is 16.0. The fraction of sp³-hybridized carbons (Fsp3) is 0.190. The first-order chi connectivity index (χ1) is 14.3. The third kappa shape index (κ3) is 3.54. The van der Waals surface area contributed by atoms with Crippen LogP contribution in [0.1, 0.15) is 29.2 Å². The predicted molar refractivity (Wildman–Crippen MR) is 104 cm³/mol. The van der Waals surface area contributed by atoms with Gasteiger partial charge >= 0.3 is 6.18 Å². The Labute approximate surface area is 169 Å². The van der Waals surface area contributed by atoms with E-state index in [1.165, 1.54) is 22.9 Å². The SMILES string of the molecule is Cc1nn(-c2ccccc2)c2c1C(C(=O)Nc1ccccc1C(F)(F)F)CC(=O)N2. The number of amides is 2. The first kappa shape index (κ1) is 19.7. The summed E-state index contributed by atoms with van der Waals surface area (Å²) in [6.07, 6.45) is -4.80. The van der Waals surface area contributed by atoms with Gasteiger partial charge in [0.15, 0.2) is 0 Å². The number of aryl methyl sites for hydroxylation is 1. The molecule has 1 aliphatic rings. The Bertz CT molecular complexity index is 1120. The number of rotatable bonds is 3. The molecule has 3 aromatic rings. The fourth-order valence-electron chi connectivity index (χ4n) is 3.59. The Balaban J connectivity index is 1.72. The molecule has 2 N–H and O–H groups in total. The van der Waals surface area contributed by atoms with E-state index in [1.54, 1.807) is 19.1 Å². The summed E-state index contributed by atoms with van der Waals surface area (Å²) in [4.78, 5) is 25.3. The molecule has 9 heteroatoms. The highest BCUT2D eigenvalue weighted by atomic mass is 19.4. The Morgan fingerprint density at radius 3 is 2.50 bits per heavy atom. The number of hydrogen-bond acceptors (Lipinski definition) is 3. The molecule has 2 aromatic carbocycles. The topological polar surface area (TPSA) is 76.0 Å². The van der Waals surface area contributed by atoms with Gasteiger partial charge in [-0.3, -0.25) is 9.59 Å². The van der Waals surface area contributed by atoms with Gasteiger partial charge in [-0.15, -0.1) is 0 Å². The average Bonchev–Trinajstić information content (AvgIpc) is 3.04. The van der Waals surface area contributed by atoms with E-state index in [4.69, 9.17) is 0 Å².